The highest BCUT2D eigenvalue weighted by Gasteiger charge is 2.36. The number of hydrogen-bond donors (Lipinski definition) is 0. The summed E-state index contributed by atoms with van der Waals surface area (Å²) in [6.07, 6.45) is 1.79. The number of carbonyl (C=O) groups excluding carboxylic acids is 1. The number of thiocarbonyl (C=S) groups is 1. The first kappa shape index (κ1) is 25.7. The molecule has 2 saturated heterocycles. The van der Waals surface area contributed by atoms with E-state index in [0.29, 0.717) is 21.3 Å². The van der Waals surface area contributed by atoms with Crippen molar-refractivity contribution in [2.24, 2.45) is 0 Å². The molecule has 2 aromatic carbocycles. The number of anilines is 1. The summed E-state index contributed by atoms with van der Waals surface area (Å²) >= 11 is 6.94. The average molecular weight is 533 g/mol. The quantitative estimate of drug-likeness (QED) is 0.324. The highest BCUT2D eigenvalue weighted by molar-refractivity contribution is 8.26. The Morgan fingerprint density at radius 2 is 1.62 bits per heavy atom. The van der Waals surface area contributed by atoms with Gasteiger partial charge in [-0.2, -0.15) is 0 Å². The van der Waals surface area contributed by atoms with E-state index in [2.05, 4.69) is 22.8 Å². The van der Waals surface area contributed by atoms with Crippen LogP contribution in [0.4, 0.5) is 5.69 Å². The van der Waals surface area contributed by atoms with Crippen LogP contribution in [0.1, 0.15) is 37.9 Å². The molecule has 0 N–H and O–H groups in total. The van der Waals surface area contributed by atoms with Crippen LogP contribution in [-0.4, -0.2) is 57.3 Å². The first-order chi connectivity index (χ1) is 17.9. The lowest BCUT2D eigenvalue weighted by Crippen LogP contribution is -2.47. The van der Waals surface area contributed by atoms with Crippen molar-refractivity contribution in [3.05, 3.63) is 81.0 Å². The van der Waals surface area contributed by atoms with Crippen LogP contribution < -0.4 is 10.5 Å². The number of likely N-dealkylation sites (N-methyl/N-ethyl adjacent to an activating group) is 1. The Balaban J connectivity index is 1.62. The molecule has 37 heavy (non-hydrogen) atoms. The van der Waals surface area contributed by atoms with Crippen molar-refractivity contribution < 1.29 is 4.79 Å². The highest BCUT2D eigenvalue weighted by Crippen LogP contribution is 2.39. The lowest BCUT2D eigenvalue weighted by atomic mass is 10.0. The summed E-state index contributed by atoms with van der Waals surface area (Å²) < 4.78 is 2.32. The molecule has 2 aliphatic rings. The van der Waals surface area contributed by atoms with Crippen molar-refractivity contribution in [2.75, 3.05) is 37.6 Å². The van der Waals surface area contributed by atoms with Gasteiger partial charge in [-0.1, -0.05) is 79.4 Å². The predicted molar refractivity (Wildman–Crippen MR) is 158 cm³/mol. The van der Waals surface area contributed by atoms with Gasteiger partial charge in [0.1, 0.15) is 4.32 Å². The topological polar surface area (TPSA) is 48.8 Å². The van der Waals surface area contributed by atoms with Crippen molar-refractivity contribution in [1.82, 2.24) is 14.4 Å². The van der Waals surface area contributed by atoms with Crippen LogP contribution in [0.5, 0.6) is 0 Å². The maximum atomic E-state index is 13.9. The standard InChI is InChI=1S/C29H32N4O2S2/c1-4-30-15-17-31(18-16-30)26-22-13-9-10-14-24(22)32(5-2)27(34)23(26)19-25-28(35)33(29(36)37-25)20(3)21-11-7-6-8-12-21/h6-14,19-20H,4-5,15-18H2,1-3H3. The fraction of sp³-hybridized carbons (Fsp3) is 0.345. The molecular formula is C29H32N4O2S2. The molecule has 6 nitrogen and oxygen atoms in total. The highest BCUT2D eigenvalue weighted by atomic mass is 32.2. The van der Waals surface area contributed by atoms with Gasteiger partial charge in [-0.15, -0.1) is 0 Å². The molecule has 0 radical (unpaired) electrons. The van der Waals surface area contributed by atoms with Crippen molar-refractivity contribution in [3.63, 3.8) is 0 Å². The van der Waals surface area contributed by atoms with Crippen LogP contribution in [0.15, 0.2) is 64.3 Å². The van der Waals surface area contributed by atoms with Gasteiger partial charge in [-0.05, 0) is 38.1 Å². The smallest absolute Gasteiger partial charge is 0.266 e. The van der Waals surface area contributed by atoms with E-state index in [4.69, 9.17) is 12.2 Å². The minimum absolute atomic E-state index is 0.0736. The molecule has 1 unspecified atom stereocenters. The molecule has 0 aliphatic carbocycles. The number of rotatable bonds is 6. The number of pyridine rings is 1. The van der Waals surface area contributed by atoms with Crippen molar-refractivity contribution in [3.8, 4) is 0 Å². The number of aryl methyl sites for hydroxylation is 1. The van der Waals surface area contributed by atoms with Gasteiger partial charge in [-0.3, -0.25) is 14.5 Å². The van der Waals surface area contributed by atoms with Crippen LogP contribution in [0, 0.1) is 0 Å². The Bertz CT molecular complexity index is 1430. The van der Waals surface area contributed by atoms with Crippen LogP contribution in [0.3, 0.4) is 0 Å². The molecule has 3 heterocycles. The number of amides is 1. The lowest BCUT2D eigenvalue weighted by Gasteiger charge is -2.37. The molecule has 2 fully saturated rings. The van der Waals surface area contributed by atoms with E-state index in [-0.39, 0.29) is 17.5 Å². The zero-order chi connectivity index (χ0) is 26.1. The molecule has 1 amide bonds. The van der Waals surface area contributed by atoms with Crippen LogP contribution >= 0.6 is 24.0 Å². The van der Waals surface area contributed by atoms with Gasteiger partial charge in [0.05, 0.1) is 27.7 Å². The second kappa shape index (κ2) is 10.8. The molecule has 0 bridgehead atoms. The van der Waals surface area contributed by atoms with Gasteiger partial charge < -0.3 is 14.4 Å². The summed E-state index contributed by atoms with van der Waals surface area (Å²) in [6, 6.07) is 17.8. The molecular weight excluding hydrogens is 500 g/mol. The van der Waals surface area contributed by atoms with Gasteiger partial charge in [0.2, 0.25) is 0 Å². The summed E-state index contributed by atoms with van der Waals surface area (Å²) in [7, 11) is 0. The van der Waals surface area contributed by atoms with E-state index in [1.54, 1.807) is 15.5 Å². The number of aromatic nitrogens is 1. The summed E-state index contributed by atoms with van der Waals surface area (Å²) in [5.74, 6) is -0.149. The third-order valence-electron chi connectivity index (χ3n) is 7.40. The number of benzene rings is 2. The first-order valence-corrected chi connectivity index (χ1v) is 14.1. The largest absolute Gasteiger partial charge is 0.368 e. The van der Waals surface area contributed by atoms with E-state index in [1.165, 1.54) is 11.8 Å². The van der Waals surface area contributed by atoms with Gasteiger partial charge in [0, 0.05) is 38.1 Å². The second-order valence-electron chi connectivity index (χ2n) is 9.39. The number of hydrogen-bond acceptors (Lipinski definition) is 6. The zero-order valence-corrected chi connectivity index (χ0v) is 23.1. The molecule has 192 valence electrons. The molecule has 2 aliphatic heterocycles. The average Bonchev–Trinajstić information content (AvgIpc) is 3.21. The Kier molecular flexibility index (Phi) is 7.51. The molecule has 1 aromatic heterocycles. The van der Waals surface area contributed by atoms with E-state index in [0.717, 1.165) is 54.9 Å². The first-order valence-electron chi connectivity index (χ1n) is 12.9. The molecule has 5 rings (SSSR count). The van der Waals surface area contributed by atoms with Crippen LogP contribution in [0.25, 0.3) is 17.0 Å². The maximum Gasteiger partial charge on any atom is 0.266 e. The predicted octanol–water partition coefficient (Wildman–Crippen LogP) is 5.13. The van der Waals surface area contributed by atoms with Gasteiger partial charge in [0.15, 0.2) is 0 Å². The SMILES string of the molecule is CCN1CCN(c2c(C=C3SC(=S)N(C(C)c4ccccc4)C3=O)c(=O)n(CC)c3ccccc23)CC1. The van der Waals surface area contributed by atoms with E-state index in [9.17, 15) is 9.59 Å². The third kappa shape index (κ3) is 4.74. The van der Waals surface area contributed by atoms with Crippen molar-refractivity contribution >= 4 is 56.9 Å². The molecule has 0 saturated carbocycles. The summed E-state index contributed by atoms with van der Waals surface area (Å²) in [6.45, 7) is 11.3. The van der Waals surface area contributed by atoms with E-state index < -0.39 is 0 Å². The van der Waals surface area contributed by atoms with E-state index >= 15 is 0 Å². The normalized spacial score (nSPS) is 18.8. The Labute approximate surface area is 227 Å². The van der Waals surface area contributed by atoms with Gasteiger partial charge in [0.25, 0.3) is 11.5 Å². The number of carbonyl (C=O) groups is 1. The molecule has 3 aromatic rings. The van der Waals surface area contributed by atoms with Crippen LogP contribution in [-0.2, 0) is 11.3 Å². The van der Waals surface area contributed by atoms with Gasteiger partial charge >= 0.3 is 0 Å². The number of piperazine rings is 1. The Hall–Kier alpha value is -2.94. The summed E-state index contributed by atoms with van der Waals surface area (Å²) in [5, 5.41) is 1.04. The van der Waals surface area contributed by atoms with Gasteiger partial charge in [-0.25, -0.2) is 0 Å². The monoisotopic (exact) mass is 532 g/mol. The van der Waals surface area contributed by atoms with Crippen molar-refractivity contribution in [1.29, 1.82) is 0 Å². The lowest BCUT2D eigenvalue weighted by molar-refractivity contribution is -0.123. The minimum atomic E-state index is -0.190. The molecule has 1 atom stereocenters. The number of para-hydroxylation sites is 1. The third-order valence-corrected chi connectivity index (χ3v) is 8.73. The minimum Gasteiger partial charge on any atom is -0.368 e. The number of fused-ring (bicyclic) bond motifs is 1. The van der Waals surface area contributed by atoms with E-state index in [1.807, 2.05) is 62.4 Å². The van der Waals surface area contributed by atoms with Crippen molar-refractivity contribution in [2.45, 2.75) is 33.4 Å². The second-order valence-corrected chi connectivity index (χ2v) is 11.1. The number of nitrogens with zero attached hydrogens (tertiary/aromatic N) is 4. The molecule has 0 spiro atoms. The summed E-state index contributed by atoms with van der Waals surface area (Å²) in [4.78, 5) is 34.5. The Morgan fingerprint density at radius 1 is 0.946 bits per heavy atom. The number of thioether (sulfide) groups is 1. The molecule has 8 heteroatoms. The fourth-order valence-corrected chi connectivity index (χ4v) is 6.71. The summed E-state index contributed by atoms with van der Waals surface area (Å²) in [5.41, 5.74) is 3.36. The maximum absolute atomic E-state index is 13.9. The van der Waals surface area contributed by atoms with Crippen LogP contribution in [0.2, 0.25) is 0 Å². The fourth-order valence-electron chi connectivity index (χ4n) is 5.31. The Morgan fingerprint density at radius 3 is 2.30 bits per heavy atom. The zero-order valence-electron chi connectivity index (χ0n) is 21.5.